The highest BCUT2D eigenvalue weighted by atomic mass is 16.5. The minimum Gasteiger partial charge on any atom is -0.496 e. The van der Waals surface area contributed by atoms with Crippen LogP contribution in [0.2, 0.25) is 0 Å². The molecule has 3 nitrogen and oxygen atoms in total. The number of likely N-dealkylation sites (N-methyl/N-ethyl adjacent to an activating group) is 1. The second kappa shape index (κ2) is 7.28. The summed E-state index contributed by atoms with van der Waals surface area (Å²) in [6.45, 7) is 4.11. The molecule has 0 heterocycles. The zero-order valence-electron chi connectivity index (χ0n) is 14.0. The van der Waals surface area contributed by atoms with Gasteiger partial charge in [0.15, 0.2) is 0 Å². The number of benzene rings is 1. The van der Waals surface area contributed by atoms with Gasteiger partial charge in [-0.3, -0.25) is 0 Å². The molecule has 1 aliphatic carbocycles. The monoisotopic (exact) mass is 290 g/mol. The Hall–Kier alpha value is -1.06. The summed E-state index contributed by atoms with van der Waals surface area (Å²) in [5.41, 5.74) is 2.88. The van der Waals surface area contributed by atoms with Crippen LogP contribution in [0.5, 0.6) is 5.75 Å². The van der Waals surface area contributed by atoms with Crippen LogP contribution in [-0.2, 0) is 6.54 Å². The summed E-state index contributed by atoms with van der Waals surface area (Å²) in [6, 6.07) is 6.44. The average molecular weight is 290 g/mol. The fourth-order valence-corrected chi connectivity index (χ4v) is 3.48. The standard InChI is InChI=1S/C18H30N2O/c1-15-12-16(8-9-17(15)21-4)13-19-14-18(20(2)3)10-6-5-7-11-18/h8-9,12,19H,5-7,10-11,13-14H2,1-4H3. The van der Waals surface area contributed by atoms with Crippen LogP contribution in [-0.4, -0.2) is 38.2 Å². The number of hydrogen-bond acceptors (Lipinski definition) is 3. The molecule has 1 aromatic rings. The number of methoxy groups -OCH3 is 1. The Bertz CT molecular complexity index is 451. The third-order valence-corrected chi connectivity index (χ3v) is 4.98. The van der Waals surface area contributed by atoms with E-state index in [1.165, 1.54) is 43.2 Å². The van der Waals surface area contributed by atoms with Crippen LogP contribution >= 0.6 is 0 Å². The predicted molar refractivity (Wildman–Crippen MR) is 88.9 cm³/mol. The number of nitrogens with one attached hydrogen (secondary N) is 1. The van der Waals surface area contributed by atoms with Gasteiger partial charge in [-0.25, -0.2) is 0 Å². The molecule has 118 valence electrons. The van der Waals surface area contributed by atoms with Crippen molar-refractivity contribution in [2.75, 3.05) is 27.7 Å². The predicted octanol–water partition coefficient (Wildman–Crippen LogP) is 3.36. The zero-order chi connectivity index (χ0) is 15.3. The van der Waals surface area contributed by atoms with E-state index in [-0.39, 0.29) is 0 Å². The van der Waals surface area contributed by atoms with E-state index in [4.69, 9.17) is 4.74 Å². The molecule has 0 atom stereocenters. The third-order valence-electron chi connectivity index (χ3n) is 4.98. The summed E-state index contributed by atoms with van der Waals surface area (Å²) >= 11 is 0. The van der Waals surface area contributed by atoms with Gasteiger partial charge in [0, 0.05) is 18.6 Å². The second-order valence-electron chi connectivity index (χ2n) is 6.59. The highest BCUT2D eigenvalue weighted by molar-refractivity contribution is 5.36. The van der Waals surface area contributed by atoms with Crippen molar-refractivity contribution in [2.24, 2.45) is 0 Å². The van der Waals surface area contributed by atoms with Gasteiger partial charge in [-0.05, 0) is 51.1 Å². The van der Waals surface area contributed by atoms with Crippen molar-refractivity contribution in [1.82, 2.24) is 10.2 Å². The first-order chi connectivity index (χ1) is 10.1. The van der Waals surface area contributed by atoms with Gasteiger partial charge in [0.1, 0.15) is 5.75 Å². The maximum atomic E-state index is 5.32. The summed E-state index contributed by atoms with van der Waals surface area (Å²) in [7, 11) is 6.18. The van der Waals surface area contributed by atoms with Crippen molar-refractivity contribution >= 4 is 0 Å². The Morgan fingerprint density at radius 1 is 1.19 bits per heavy atom. The zero-order valence-corrected chi connectivity index (χ0v) is 14.0. The molecule has 0 saturated heterocycles. The van der Waals surface area contributed by atoms with Crippen molar-refractivity contribution in [3.05, 3.63) is 29.3 Å². The molecule has 0 radical (unpaired) electrons. The van der Waals surface area contributed by atoms with Gasteiger partial charge in [-0.1, -0.05) is 31.4 Å². The molecular formula is C18H30N2O. The van der Waals surface area contributed by atoms with Gasteiger partial charge in [0.05, 0.1) is 7.11 Å². The number of nitrogens with zero attached hydrogens (tertiary/aromatic N) is 1. The van der Waals surface area contributed by atoms with Gasteiger partial charge in [0.2, 0.25) is 0 Å². The fourth-order valence-electron chi connectivity index (χ4n) is 3.48. The quantitative estimate of drug-likeness (QED) is 0.869. The number of aryl methyl sites for hydroxylation is 1. The van der Waals surface area contributed by atoms with Crippen LogP contribution in [0.3, 0.4) is 0 Å². The highest BCUT2D eigenvalue weighted by Gasteiger charge is 2.33. The SMILES string of the molecule is COc1ccc(CNCC2(N(C)C)CCCCC2)cc1C. The van der Waals surface area contributed by atoms with E-state index < -0.39 is 0 Å². The molecule has 21 heavy (non-hydrogen) atoms. The van der Waals surface area contributed by atoms with E-state index in [2.05, 4.69) is 49.4 Å². The van der Waals surface area contributed by atoms with Gasteiger partial charge in [-0.15, -0.1) is 0 Å². The molecule has 1 aliphatic rings. The van der Waals surface area contributed by atoms with Gasteiger partial charge < -0.3 is 15.0 Å². The van der Waals surface area contributed by atoms with Crippen LogP contribution in [0.4, 0.5) is 0 Å². The van der Waals surface area contributed by atoms with Crippen LogP contribution < -0.4 is 10.1 Å². The van der Waals surface area contributed by atoms with Crippen molar-refractivity contribution in [2.45, 2.75) is 51.1 Å². The van der Waals surface area contributed by atoms with E-state index >= 15 is 0 Å². The molecule has 1 saturated carbocycles. The molecule has 1 N–H and O–H groups in total. The smallest absolute Gasteiger partial charge is 0.121 e. The minimum atomic E-state index is 0.347. The number of rotatable bonds is 6. The van der Waals surface area contributed by atoms with Crippen LogP contribution in [0, 0.1) is 6.92 Å². The first-order valence-corrected chi connectivity index (χ1v) is 8.09. The Morgan fingerprint density at radius 2 is 1.90 bits per heavy atom. The van der Waals surface area contributed by atoms with Crippen molar-refractivity contribution in [3.63, 3.8) is 0 Å². The normalized spacial score (nSPS) is 18.0. The van der Waals surface area contributed by atoms with Gasteiger partial charge >= 0.3 is 0 Å². The summed E-state index contributed by atoms with van der Waals surface area (Å²) < 4.78 is 5.32. The molecule has 1 fully saturated rings. The first kappa shape index (κ1) is 16.3. The molecule has 0 aliphatic heterocycles. The Balaban J connectivity index is 1.91. The molecule has 0 bridgehead atoms. The lowest BCUT2D eigenvalue weighted by atomic mass is 9.80. The lowest BCUT2D eigenvalue weighted by molar-refractivity contribution is 0.0984. The van der Waals surface area contributed by atoms with E-state index in [9.17, 15) is 0 Å². The summed E-state index contributed by atoms with van der Waals surface area (Å²) in [4.78, 5) is 2.43. The van der Waals surface area contributed by atoms with E-state index in [0.29, 0.717) is 5.54 Å². The average Bonchev–Trinajstić information content (AvgIpc) is 2.48. The Labute approximate surface area is 129 Å². The largest absolute Gasteiger partial charge is 0.496 e. The Kier molecular flexibility index (Phi) is 5.65. The second-order valence-corrected chi connectivity index (χ2v) is 6.59. The molecule has 2 rings (SSSR count). The summed E-state index contributed by atoms with van der Waals surface area (Å²) in [5, 5.41) is 3.68. The molecule has 1 aromatic carbocycles. The van der Waals surface area contributed by atoms with E-state index in [0.717, 1.165) is 18.8 Å². The minimum absolute atomic E-state index is 0.347. The van der Waals surface area contributed by atoms with Crippen molar-refractivity contribution in [3.8, 4) is 5.75 Å². The van der Waals surface area contributed by atoms with Crippen LogP contribution in [0.15, 0.2) is 18.2 Å². The first-order valence-electron chi connectivity index (χ1n) is 8.09. The molecule has 0 unspecified atom stereocenters. The summed E-state index contributed by atoms with van der Waals surface area (Å²) in [5.74, 6) is 0.968. The maximum Gasteiger partial charge on any atom is 0.121 e. The van der Waals surface area contributed by atoms with E-state index in [1.54, 1.807) is 7.11 Å². The van der Waals surface area contributed by atoms with E-state index in [1.807, 2.05) is 0 Å². The lowest BCUT2D eigenvalue weighted by Crippen LogP contribution is -2.52. The molecular weight excluding hydrogens is 260 g/mol. The van der Waals surface area contributed by atoms with Crippen LogP contribution in [0.25, 0.3) is 0 Å². The van der Waals surface area contributed by atoms with Crippen LogP contribution in [0.1, 0.15) is 43.2 Å². The summed E-state index contributed by atoms with van der Waals surface area (Å²) in [6.07, 6.45) is 6.75. The topological polar surface area (TPSA) is 24.5 Å². The van der Waals surface area contributed by atoms with Gasteiger partial charge in [-0.2, -0.15) is 0 Å². The number of hydrogen-bond donors (Lipinski definition) is 1. The molecule has 3 heteroatoms. The van der Waals surface area contributed by atoms with Crippen molar-refractivity contribution < 1.29 is 4.74 Å². The fraction of sp³-hybridized carbons (Fsp3) is 0.667. The Morgan fingerprint density at radius 3 is 2.48 bits per heavy atom. The molecule has 0 aromatic heterocycles. The maximum absolute atomic E-state index is 5.32. The van der Waals surface area contributed by atoms with Gasteiger partial charge in [0.25, 0.3) is 0 Å². The third kappa shape index (κ3) is 3.98. The highest BCUT2D eigenvalue weighted by Crippen LogP contribution is 2.31. The lowest BCUT2D eigenvalue weighted by Gasteiger charge is -2.43. The number of ether oxygens (including phenoxy) is 1. The van der Waals surface area contributed by atoms with Crippen molar-refractivity contribution in [1.29, 1.82) is 0 Å². The molecule has 0 spiro atoms. The molecule has 0 amide bonds.